The number of methoxy groups -OCH3 is 1. The molecule has 6 nitrogen and oxygen atoms in total. The second kappa shape index (κ2) is 9.02. The summed E-state index contributed by atoms with van der Waals surface area (Å²) in [5, 5.41) is 8.69. The fourth-order valence-electron chi connectivity index (χ4n) is 2.77. The minimum atomic E-state index is -3.73. The molecular weight excluding hydrogens is 352 g/mol. The molecule has 0 fully saturated rings. The number of ether oxygens (including phenoxy) is 2. The molecule has 0 aliphatic rings. The lowest BCUT2D eigenvalue weighted by atomic mass is 10.0. The highest BCUT2D eigenvalue weighted by Crippen LogP contribution is 2.26. The molecule has 0 saturated carbocycles. The van der Waals surface area contributed by atoms with Crippen LogP contribution in [0.4, 0.5) is 0 Å². The molecule has 0 aliphatic carbocycles. The fraction of sp³-hybridized carbons (Fsp3) is 0.368. The van der Waals surface area contributed by atoms with Gasteiger partial charge >= 0.3 is 0 Å². The molecule has 0 amide bonds. The topological polar surface area (TPSA) is 90.7 Å². The SMILES string of the molecule is CCC(NCCOc1ccccc1OC)c1ccc(C)c(S(N)(=O)=O)c1. The van der Waals surface area contributed by atoms with E-state index in [1.54, 1.807) is 26.2 Å². The summed E-state index contributed by atoms with van der Waals surface area (Å²) in [5.41, 5.74) is 1.53. The summed E-state index contributed by atoms with van der Waals surface area (Å²) < 4.78 is 34.4. The maximum absolute atomic E-state index is 11.7. The van der Waals surface area contributed by atoms with Crippen molar-refractivity contribution >= 4 is 10.0 Å². The molecule has 2 aromatic rings. The highest BCUT2D eigenvalue weighted by molar-refractivity contribution is 7.89. The Kier molecular flexibility index (Phi) is 7.02. The van der Waals surface area contributed by atoms with Crippen molar-refractivity contribution in [1.29, 1.82) is 0 Å². The molecule has 0 aliphatic heterocycles. The molecule has 7 heteroatoms. The van der Waals surface area contributed by atoms with Crippen LogP contribution in [0.15, 0.2) is 47.4 Å². The van der Waals surface area contributed by atoms with Gasteiger partial charge in [-0.2, -0.15) is 0 Å². The summed E-state index contributed by atoms with van der Waals surface area (Å²) in [6.45, 7) is 4.84. The van der Waals surface area contributed by atoms with Crippen LogP contribution in [0.5, 0.6) is 11.5 Å². The predicted octanol–water partition coefficient (Wildman–Crippen LogP) is 2.77. The van der Waals surface area contributed by atoms with Crippen molar-refractivity contribution in [2.75, 3.05) is 20.3 Å². The second-order valence-corrected chi connectivity index (χ2v) is 7.51. The molecule has 0 heterocycles. The van der Waals surface area contributed by atoms with Gasteiger partial charge in [0, 0.05) is 12.6 Å². The highest BCUT2D eigenvalue weighted by Gasteiger charge is 2.16. The molecule has 0 spiro atoms. The van der Waals surface area contributed by atoms with Crippen LogP contribution in [0.2, 0.25) is 0 Å². The van der Waals surface area contributed by atoms with Crippen LogP contribution < -0.4 is 19.9 Å². The summed E-state index contributed by atoms with van der Waals surface area (Å²) in [4.78, 5) is 0.167. The van der Waals surface area contributed by atoms with Crippen molar-refractivity contribution in [1.82, 2.24) is 5.32 Å². The van der Waals surface area contributed by atoms with Gasteiger partial charge in [0.1, 0.15) is 6.61 Å². The summed E-state index contributed by atoms with van der Waals surface area (Å²) in [7, 11) is -2.13. The van der Waals surface area contributed by atoms with Crippen molar-refractivity contribution in [2.45, 2.75) is 31.2 Å². The largest absolute Gasteiger partial charge is 0.493 e. The standard InChI is InChI=1S/C19H26N2O4S/c1-4-16(15-10-9-14(2)19(13-15)26(20,22)23)21-11-12-25-18-8-6-5-7-17(18)24-3/h5-10,13,16,21H,4,11-12H2,1-3H3,(H2,20,22,23). The van der Waals surface area contributed by atoms with Crippen LogP contribution in [0, 0.1) is 6.92 Å². The Morgan fingerprint density at radius 1 is 1.15 bits per heavy atom. The lowest BCUT2D eigenvalue weighted by Crippen LogP contribution is -2.26. The Hall–Kier alpha value is -2.09. The molecule has 0 saturated heterocycles. The van der Waals surface area contributed by atoms with Crippen LogP contribution in [0.3, 0.4) is 0 Å². The third-order valence-electron chi connectivity index (χ3n) is 4.15. The molecule has 142 valence electrons. The number of aryl methyl sites for hydroxylation is 1. The Bertz CT molecular complexity index is 837. The monoisotopic (exact) mass is 378 g/mol. The van der Waals surface area contributed by atoms with Gasteiger partial charge in [-0.15, -0.1) is 0 Å². The quantitative estimate of drug-likeness (QED) is 0.655. The van der Waals surface area contributed by atoms with E-state index in [4.69, 9.17) is 14.6 Å². The predicted molar refractivity (Wildman–Crippen MR) is 102 cm³/mol. The van der Waals surface area contributed by atoms with Gasteiger partial charge in [-0.05, 0) is 42.7 Å². The number of primary sulfonamides is 1. The first-order chi connectivity index (χ1) is 12.4. The number of hydrogen-bond donors (Lipinski definition) is 2. The fourth-order valence-corrected chi connectivity index (χ4v) is 3.59. The Morgan fingerprint density at radius 3 is 2.46 bits per heavy atom. The van der Waals surface area contributed by atoms with E-state index in [0.29, 0.717) is 30.2 Å². The van der Waals surface area contributed by atoms with Crippen LogP contribution >= 0.6 is 0 Å². The molecule has 2 rings (SSSR count). The van der Waals surface area contributed by atoms with Gasteiger partial charge < -0.3 is 14.8 Å². The summed E-state index contributed by atoms with van der Waals surface area (Å²) in [6.07, 6.45) is 0.807. The maximum atomic E-state index is 11.7. The van der Waals surface area contributed by atoms with Gasteiger partial charge in [0.15, 0.2) is 11.5 Å². The van der Waals surface area contributed by atoms with E-state index < -0.39 is 10.0 Å². The average molecular weight is 378 g/mol. The van der Waals surface area contributed by atoms with Crippen molar-refractivity contribution in [2.24, 2.45) is 5.14 Å². The highest BCUT2D eigenvalue weighted by atomic mass is 32.2. The maximum Gasteiger partial charge on any atom is 0.238 e. The van der Waals surface area contributed by atoms with Crippen molar-refractivity contribution in [3.63, 3.8) is 0 Å². The van der Waals surface area contributed by atoms with Gasteiger partial charge in [0.2, 0.25) is 10.0 Å². The average Bonchev–Trinajstić information content (AvgIpc) is 2.62. The number of hydrogen-bond acceptors (Lipinski definition) is 5. The first-order valence-electron chi connectivity index (χ1n) is 8.49. The molecule has 2 aromatic carbocycles. The second-order valence-electron chi connectivity index (χ2n) is 5.98. The Labute approximate surface area is 155 Å². The number of sulfonamides is 1. The van der Waals surface area contributed by atoms with Crippen LogP contribution in [0.1, 0.15) is 30.5 Å². The molecular formula is C19H26N2O4S. The van der Waals surface area contributed by atoms with E-state index in [-0.39, 0.29) is 10.9 Å². The van der Waals surface area contributed by atoms with Gasteiger partial charge in [0.05, 0.1) is 12.0 Å². The molecule has 0 radical (unpaired) electrons. The zero-order valence-corrected chi connectivity index (χ0v) is 16.2. The van der Waals surface area contributed by atoms with E-state index in [1.165, 1.54) is 0 Å². The number of benzene rings is 2. The smallest absolute Gasteiger partial charge is 0.238 e. The van der Waals surface area contributed by atoms with Crippen LogP contribution in [0.25, 0.3) is 0 Å². The molecule has 1 unspecified atom stereocenters. The number of rotatable bonds is 9. The lowest BCUT2D eigenvalue weighted by molar-refractivity contribution is 0.285. The van der Waals surface area contributed by atoms with Gasteiger partial charge in [0.25, 0.3) is 0 Å². The van der Waals surface area contributed by atoms with Crippen LogP contribution in [-0.2, 0) is 10.0 Å². The third kappa shape index (κ3) is 5.20. The number of para-hydroxylation sites is 2. The molecule has 26 heavy (non-hydrogen) atoms. The third-order valence-corrected chi connectivity index (χ3v) is 5.20. The molecule has 3 N–H and O–H groups in total. The van der Waals surface area contributed by atoms with Gasteiger partial charge in [-0.1, -0.05) is 31.2 Å². The first kappa shape index (κ1) is 20.2. The van der Waals surface area contributed by atoms with Crippen molar-refractivity contribution in [3.05, 3.63) is 53.6 Å². The zero-order valence-electron chi connectivity index (χ0n) is 15.4. The van der Waals surface area contributed by atoms with Crippen molar-refractivity contribution in [3.8, 4) is 11.5 Å². The Balaban J connectivity index is 2.00. The van der Waals surface area contributed by atoms with E-state index in [9.17, 15) is 8.42 Å². The normalized spacial score (nSPS) is 12.6. The minimum Gasteiger partial charge on any atom is -0.493 e. The van der Waals surface area contributed by atoms with E-state index in [1.807, 2.05) is 37.3 Å². The van der Waals surface area contributed by atoms with Crippen molar-refractivity contribution < 1.29 is 17.9 Å². The molecule has 0 aromatic heterocycles. The first-order valence-corrected chi connectivity index (χ1v) is 10.0. The lowest BCUT2D eigenvalue weighted by Gasteiger charge is -2.19. The summed E-state index contributed by atoms with van der Waals surface area (Å²) in [5.74, 6) is 1.38. The zero-order chi connectivity index (χ0) is 19.2. The van der Waals surface area contributed by atoms with E-state index in [0.717, 1.165) is 12.0 Å². The number of nitrogens with one attached hydrogen (secondary N) is 1. The number of nitrogens with two attached hydrogens (primary N) is 1. The Morgan fingerprint density at radius 2 is 1.85 bits per heavy atom. The van der Waals surface area contributed by atoms with E-state index >= 15 is 0 Å². The summed E-state index contributed by atoms with van der Waals surface area (Å²) >= 11 is 0. The van der Waals surface area contributed by atoms with E-state index in [2.05, 4.69) is 5.32 Å². The van der Waals surface area contributed by atoms with Crippen LogP contribution in [-0.4, -0.2) is 28.7 Å². The van der Waals surface area contributed by atoms with Gasteiger partial charge in [-0.3, -0.25) is 0 Å². The molecule has 0 bridgehead atoms. The molecule has 1 atom stereocenters. The van der Waals surface area contributed by atoms with Gasteiger partial charge in [-0.25, -0.2) is 13.6 Å². The minimum absolute atomic E-state index is 0.0115. The summed E-state index contributed by atoms with van der Waals surface area (Å²) in [6, 6.07) is 12.8.